The van der Waals surface area contributed by atoms with Crippen LogP contribution in [-0.4, -0.2) is 22.6 Å². The maximum absolute atomic E-state index is 11.2. The average molecular weight is 248 g/mol. The van der Waals surface area contributed by atoms with Crippen molar-refractivity contribution < 1.29 is 9.90 Å². The molecule has 18 heavy (non-hydrogen) atoms. The number of carboxylic acid groups (broad SMARTS) is 1. The first-order valence-electron chi connectivity index (χ1n) is 6.51. The molecule has 1 fully saturated rings. The summed E-state index contributed by atoms with van der Waals surface area (Å²) < 4.78 is 0. The standard InChI is InChI=1S/C14H20N2O2/c1-3-5-14(6-7-14)9-16-12-11(13(17)18)10(2)4-8-15-12/h4,8H,3,5-7,9H2,1-2H3,(H,15,16)(H,17,18). The molecule has 0 unspecified atom stereocenters. The quantitative estimate of drug-likeness (QED) is 0.812. The topological polar surface area (TPSA) is 62.2 Å². The van der Waals surface area contributed by atoms with Gasteiger partial charge in [-0.15, -0.1) is 0 Å². The molecule has 0 amide bonds. The number of rotatable bonds is 6. The molecule has 1 aliphatic carbocycles. The second kappa shape index (κ2) is 4.96. The van der Waals surface area contributed by atoms with Crippen LogP contribution in [0.5, 0.6) is 0 Å². The molecule has 2 N–H and O–H groups in total. The molecule has 1 aromatic rings. The van der Waals surface area contributed by atoms with Gasteiger partial charge in [0.15, 0.2) is 0 Å². The zero-order valence-electron chi connectivity index (χ0n) is 11.0. The molecular formula is C14H20N2O2. The largest absolute Gasteiger partial charge is 0.478 e. The third-order valence-corrected chi connectivity index (χ3v) is 3.74. The van der Waals surface area contributed by atoms with Gasteiger partial charge >= 0.3 is 5.97 Å². The summed E-state index contributed by atoms with van der Waals surface area (Å²) in [4.78, 5) is 15.4. The van der Waals surface area contributed by atoms with Crippen LogP contribution in [0.2, 0.25) is 0 Å². The predicted octanol–water partition coefficient (Wildman–Crippen LogP) is 3.08. The summed E-state index contributed by atoms with van der Waals surface area (Å²) in [5.41, 5.74) is 1.43. The van der Waals surface area contributed by atoms with Crippen LogP contribution in [0.15, 0.2) is 12.3 Å². The number of aromatic nitrogens is 1. The van der Waals surface area contributed by atoms with Crippen molar-refractivity contribution in [1.29, 1.82) is 0 Å². The van der Waals surface area contributed by atoms with E-state index in [9.17, 15) is 9.90 Å². The maximum atomic E-state index is 11.2. The van der Waals surface area contributed by atoms with Gasteiger partial charge in [0.05, 0.1) is 0 Å². The van der Waals surface area contributed by atoms with Gasteiger partial charge in [-0.1, -0.05) is 13.3 Å². The summed E-state index contributed by atoms with van der Waals surface area (Å²) in [5.74, 6) is -0.409. The zero-order valence-corrected chi connectivity index (χ0v) is 11.0. The van der Waals surface area contributed by atoms with Crippen LogP contribution in [0.4, 0.5) is 5.82 Å². The number of nitrogens with one attached hydrogen (secondary N) is 1. The number of carboxylic acids is 1. The van der Waals surface area contributed by atoms with Gasteiger partial charge in [-0.05, 0) is 43.2 Å². The number of pyridine rings is 1. The zero-order chi connectivity index (χ0) is 13.2. The van der Waals surface area contributed by atoms with Gasteiger partial charge in [0.1, 0.15) is 11.4 Å². The van der Waals surface area contributed by atoms with Crippen molar-refractivity contribution in [3.63, 3.8) is 0 Å². The lowest BCUT2D eigenvalue weighted by Gasteiger charge is -2.17. The first-order chi connectivity index (χ1) is 8.58. The highest BCUT2D eigenvalue weighted by molar-refractivity contribution is 5.94. The van der Waals surface area contributed by atoms with Gasteiger partial charge in [-0.2, -0.15) is 0 Å². The van der Waals surface area contributed by atoms with Crippen LogP contribution in [-0.2, 0) is 0 Å². The number of anilines is 1. The second-order valence-corrected chi connectivity index (χ2v) is 5.26. The Hall–Kier alpha value is -1.58. The summed E-state index contributed by atoms with van der Waals surface area (Å²) in [6, 6.07) is 1.73. The molecule has 0 bridgehead atoms. The van der Waals surface area contributed by atoms with E-state index in [2.05, 4.69) is 17.2 Å². The van der Waals surface area contributed by atoms with Crippen LogP contribution in [0.3, 0.4) is 0 Å². The van der Waals surface area contributed by atoms with E-state index in [1.165, 1.54) is 25.7 Å². The Labute approximate surface area is 107 Å². The summed E-state index contributed by atoms with van der Waals surface area (Å²) in [7, 11) is 0. The fourth-order valence-corrected chi connectivity index (χ4v) is 2.46. The number of hydrogen-bond donors (Lipinski definition) is 2. The molecule has 0 spiro atoms. The molecule has 0 saturated heterocycles. The first-order valence-corrected chi connectivity index (χ1v) is 6.51. The van der Waals surface area contributed by atoms with E-state index in [4.69, 9.17) is 0 Å². The highest BCUT2D eigenvalue weighted by Crippen LogP contribution is 2.49. The SMILES string of the molecule is CCCC1(CNc2nccc(C)c2C(=O)O)CC1. The molecule has 0 aliphatic heterocycles. The Morgan fingerprint density at radius 3 is 2.83 bits per heavy atom. The Kier molecular flexibility index (Phi) is 3.55. The minimum Gasteiger partial charge on any atom is -0.478 e. The Morgan fingerprint density at radius 2 is 2.28 bits per heavy atom. The molecule has 0 aromatic carbocycles. The van der Waals surface area contributed by atoms with Gasteiger partial charge < -0.3 is 10.4 Å². The van der Waals surface area contributed by atoms with Gasteiger partial charge in [0.2, 0.25) is 0 Å². The lowest BCUT2D eigenvalue weighted by atomic mass is 10.0. The Morgan fingerprint density at radius 1 is 1.56 bits per heavy atom. The number of carbonyl (C=O) groups is 1. The van der Waals surface area contributed by atoms with E-state index < -0.39 is 5.97 Å². The van der Waals surface area contributed by atoms with Crippen LogP contribution < -0.4 is 5.32 Å². The smallest absolute Gasteiger partial charge is 0.339 e. The van der Waals surface area contributed by atoms with Crippen LogP contribution in [0, 0.1) is 12.3 Å². The average Bonchev–Trinajstić information content (AvgIpc) is 3.07. The molecule has 1 heterocycles. The van der Waals surface area contributed by atoms with Gasteiger partial charge in [0, 0.05) is 12.7 Å². The van der Waals surface area contributed by atoms with Gasteiger partial charge in [-0.25, -0.2) is 9.78 Å². The van der Waals surface area contributed by atoms with Crippen molar-refractivity contribution >= 4 is 11.8 Å². The lowest BCUT2D eigenvalue weighted by Crippen LogP contribution is -2.18. The Balaban J connectivity index is 2.10. The van der Waals surface area contributed by atoms with Crippen molar-refractivity contribution in [2.45, 2.75) is 39.5 Å². The molecule has 2 rings (SSSR count). The molecule has 1 aliphatic rings. The van der Waals surface area contributed by atoms with Crippen molar-refractivity contribution in [2.75, 3.05) is 11.9 Å². The van der Waals surface area contributed by atoms with Crippen LogP contribution in [0.1, 0.15) is 48.5 Å². The maximum Gasteiger partial charge on any atom is 0.339 e. The summed E-state index contributed by atoms with van der Waals surface area (Å²) in [6.45, 7) is 4.82. The minimum absolute atomic E-state index is 0.296. The molecule has 98 valence electrons. The summed E-state index contributed by atoms with van der Waals surface area (Å²) in [5, 5.41) is 12.4. The third-order valence-electron chi connectivity index (χ3n) is 3.74. The van der Waals surface area contributed by atoms with Crippen LogP contribution >= 0.6 is 0 Å². The van der Waals surface area contributed by atoms with Crippen molar-refractivity contribution in [3.05, 3.63) is 23.4 Å². The molecule has 1 saturated carbocycles. The second-order valence-electron chi connectivity index (χ2n) is 5.26. The molecule has 1 aromatic heterocycles. The van der Waals surface area contributed by atoms with Crippen LogP contribution in [0.25, 0.3) is 0 Å². The summed E-state index contributed by atoms with van der Waals surface area (Å²) in [6.07, 6.45) is 6.51. The first kappa shape index (κ1) is 12.9. The normalized spacial score (nSPS) is 16.3. The number of aryl methyl sites for hydroxylation is 1. The Bertz CT molecular complexity index is 453. The lowest BCUT2D eigenvalue weighted by molar-refractivity contribution is 0.0696. The highest BCUT2D eigenvalue weighted by Gasteiger charge is 2.41. The molecule has 4 heteroatoms. The third kappa shape index (κ3) is 2.63. The van der Waals surface area contributed by atoms with Crippen molar-refractivity contribution in [2.24, 2.45) is 5.41 Å². The molecule has 0 radical (unpaired) electrons. The number of aromatic carboxylic acids is 1. The highest BCUT2D eigenvalue weighted by atomic mass is 16.4. The van der Waals surface area contributed by atoms with E-state index >= 15 is 0 Å². The van der Waals surface area contributed by atoms with E-state index in [1.54, 1.807) is 19.2 Å². The predicted molar refractivity (Wildman–Crippen MR) is 71.0 cm³/mol. The van der Waals surface area contributed by atoms with E-state index in [-0.39, 0.29) is 0 Å². The number of hydrogen-bond acceptors (Lipinski definition) is 3. The van der Waals surface area contributed by atoms with E-state index in [1.807, 2.05) is 0 Å². The summed E-state index contributed by atoms with van der Waals surface area (Å²) >= 11 is 0. The number of nitrogens with zero attached hydrogens (tertiary/aromatic N) is 1. The van der Waals surface area contributed by atoms with E-state index in [0.717, 1.165) is 12.1 Å². The fourth-order valence-electron chi connectivity index (χ4n) is 2.46. The minimum atomic E-state index is -0.913. The van der Waals surface area contributed by atoms with E-state index in [0.29, 0.717) is 16.8 Å². The molecule has 0 atom stereocenters. The van der Waals surface area contributed by atoms with Crippen molar-refractivity contribution in [3.8, 4) is 0 Å². The van der Waals surface area contributed by atoms with Gasteiger partial charge in [0.25, 0.3) is 0 Å². The molecule has 4 nitrogen and oxygen atoms in total. The fraction of sp³-hybridized carbons (Fsp3) is 0.571. The monoisotopic (exact) mass is 248 g/mol. The molecular weight excluding hydrogens is 228 g/mol. The van der Waals surface area contributed by atoms with Crippen molar-refractivity contribution in [1.82, 2.24) is 4.98 Å². The van der Waals surface area contributed by atoms with Gasteiger partial charge in [-0.3, -0.25) is 0 Å².